The van der Waals surface area contributed by atoms with Gasteiger partial charge in [0.25, 0.3) is 5.91 Å². The Balaban J connectivity index is 1.43. The van der Waals surface area contributed by atoms with E-state index < -0.39 is 5.97 Å². The van der Waals surface area contributed by atoms with Crippen molar-refractivity contribution in [3.63, 3.8) is 0 Å². The van der Waals surface area contributed by atoms with Crippen molar-refractivity contribution < 1.29 is 19.5 Å². The maximum absolute atomic E-state index is 14.1. The largest absolute Gasteiger partial charge is 0.481 e. The van der Waals surface area contributed by atoms with Crippen LogP contribution < -0.4 is 4.90 Å². The number of para-hydroxylation sites is 3. The number of aliphatic carboxylic acids is 1. The number of amides is 2. The highest BCUT2D eigenvalue weighted by Crippen LogP contribution is 2.52. The van der Waals surface area contributed by atoms with E-state index in [9.17, 15) is 19.5 Å². The van der Waals surface area contributed by atoms with Crippen LogP contribution >= 0.6 is 0 Å². The third-order valence-electron chi connectivity index (χ3n) is 8.06. The van der Waals surface area contributed by atoms with Gasteiger partial charge in [0.15, 0.2) is 5.82 Å². The molecule has 1 aromatic heterocycles. The quantitative estimate of drug-likeness (QED) is 0.561. The van der Waals surface area contributed by atoms with E-state index >= 15 is 0 Å². The second-order valence-electron chi connectivity index (χ2n) is 10.2. The topological polar surface area (TPSA) is 95.7 Å². The van der Waals surface area contributed by atoms with Crippen LogP contribution in [-0.4, -0.2) is 49.4 Å². The summed E-state index contributed by atoms with van der Waals surface area (Å²) in [7, 11) is 1.88. The van der Waals surface area contributed by atoms with Crippen LogP contribution in [0.4, 0.5) is 5.69 Å². The van der Waals surface area contributed by atoms with Gasteiger partial charge in [-0.3, -0.25) is 14.4 Å². The lowest BCUT2D eigenvalue weighted by Crippen LogP contribution is -2.53. The summed E-state index contributed by atoms with van der Waals surface area (Å²) >= 11 is 0. The summed E-state index contributed by atoms with van der Waals surface area (Å²) in [5.74, 6) is -0.659. The fourth-order valence-electron chi connectivity index (χ4n) is 6.37. The zero-order chi connectivity index (χ0) is 25.0. The third-order valence-corrected chi connectivity index (χ3v) is 8.06. The van der Waals surface area contributed by atoms with E-state index in [0.717, 1.165) is 54.4 Å². The Hall–Kier alpha value is -3.68. The Morgan fingerprint density at radius 3 is 2.50 bits per heavy atom. The molecule has 0 radical (unpaired) electrons. The molecule has 3 unspecified atom stereocenters. The van der Waals surface area contributed by atoms with Crippen LogP contribution in [0.5, 0.6) is 0 Å². The SMILES string of the molecule is Cn1c(C(=O)N2c3ccccc3C(N(C(=O)CCC(=O)O)C3CC3)C3CCCC32)nc2ccccc21. The zero-order valence-electron chi connectivity index (χ0n) is 20.3. The van der Waals surface area contributed by atoms with Gasteiger partial charge < -0.3 is 19.5 Å². The van der Waals surface area contributed by atoms with E-state index in [0.29, 0.717) is 5.82 Å². The summed E-state index contributed by atoms with van der Waals surface area (Å²) in [5, 5.41) is 9.17. The van der Waals surface area contributed by atoms with Gasteiger partial charge in [-0.2, -0.15) is 0 Å². The van der Waals surface area contributed by atoms with Gasteiger partial charge in [0, 0.05) is 37.2 Å². The van der Waals surface area contributed by atoms with E-state index in [-0.39, 0.29) is 48.7 Å². The predicted octanol–water partition coefficient (Wildman–Crippen LogP) is 4.30. The molecule has 2 aliphatic carbocycles. The number of carboxylic acids is 1. The van der Waals surface area contributed by atoms with E-state index in [1.54, 1.807) is 0 Å². The minimum atomic E-state index is -0.957. The molecule has 8 heteroatoms. The molecule has 0 spiro atoms. The molecule has 2 saturated carbocycles. The number of nitrogens with zero attached hydrogens (tertiary/aromatic N) is 4. The molecule has 3 aromatic rings. The molecule has 186 valence electrons. The maximum atomic E-state index is 14.1. The Morgan fingerprint density at radius 2 is 1.75 bits per heavy atom. The molecule has 8 nitrogen and oxygen atoms in total. The lowest BCUT2D eigenvalue weighted by molar-refractivity contribution is -0.142. The van der Waals surface area contributed by atoms with Gasteiger partial charge in [0.1, 0.15) is 0 Å². The molecule has 2 amide bonds. The molecule has 2 fully saturated rings. The fraction of sp³-hybridized carbons (Fsp3) is 0.429. The van der Waals surface area contributed by atoms with Crippen molar-refractivity contribution in [2.45, 2.75) is 63.1 Å². The van der Waals surface area contributed by atoms with Crippen molar-refractivity contribution in [3.05, 3.63) is 59.9 Å². The number of hydrogen-bond acceptors (Lipinski definition) is 4. The highest BCUT2D eigenvalue weighted by atomic mass is 16.4. The van der Waals surface area contributed by atoms with E-state index in [1.165, 1.54) is 0 Å². The summed E-state index contributed by atoms with van der Waals surface area (Å²) in [5.41, 5.74) is 3.51. The normalized spacial score (nSPS) is 22.8. The van der Waals surface area contributed by atoms with Gasteiger partial charge in [0.2, 0.25) is 5.91 Å². The molecule has 3 atom stereocenters. The number of carboxylic acid groups (broad SMARTS) is 1. The predicted molar refractivity (Wildman–Crippen MR) is 135 cm³/mol. The summed E-state index contributed by atoms with van der Waals surface area (Å²) in [4.78, 5) is 47.3. The van der Waals surface area contributed by atoms with Crippen LogP contribution in [0.15, 0.2) is 48.5 Å². The van der Waals surface area contributed by atoms with Crippen molar-refractivity contribution in [2.75, 3.05) is 4.90 Å². The van der Waals surface area contributed by atoms with Crippen LogP contribution in [0.25, 0.3) is 11.0 Å². The van der Waals surface area contributed by atoms with Crippen molar-refractivity contribution in [1.29, 1.82) is 0 Å². The first kappa shape index (κ1) is 22.8. The standard InChI is InChI=1S/C28H30N4O4/c1-30-23-11-5-3-9-20(23)29-27(30)28(36)32-21-10-4-2-7-18(21)26(19-8-6-12-22(19)32)31(17-13-14-17)24(33)15-16-25(34)35/h2-5,7,9-11,17,19,22,26H,6,8,12-16H2,1H3,(H,34,35). The van der Waals surface area contributed by atoms with Crippen molar-refractivity contribution in [3.8, 4) is 0 Å². The minimum absolute atomic E-state index is 0.00436. The molecular weight excluding hydrogens is 456 g/mol. The summed E-state index contributed by atoms with van der Waals surface area (Å²) in [6.45, 7) is 0. The number of aryl methyl sites for hydroxylation is 1. The average molecular weight is 487 g/mol. The van der Waals surface area contributed by atoms with Crippen molar-refractivity contribution in [2.24, 2.45) is 13.0 Å². The number of rotatable bonds is 6. The van der Waals surface area contributed by atoms with E-state index in [1.807, 2.05) is 69.9 Å². The number of imidazole rings is 1. The molecule has 1 aliphatic heterocycles. The smallest absolute Gasteiger partial charge is 0.303 e. The van der Waals surface area contributed by atoms with Crippen LogP contribution in [0, 0.1) is 5.92 Å². The van der Waals surface area contributed by atoms with Crippen LogP contribution in [0.3, 0.4) is 0 Å². The highest BCUT2D eigenvalue weighted by Gasteiger charge is 2.51. The molecular formula is C28H30N4O4. The Morgan fingerprint density at radius 1 is 1.00 bits per heavy atom. The maximum Gasteiger partial charge on any atom is 0.303 e. The van der Waals surface area contributed by atoms with E-state index in [4.69, 9.17) is 0 Å². The summed E-state index contributed by atoms with van der Waals surface area (Å²) < 4.78 is 1.86. The van der Waals surface area contributed by atoms with Crippen LogP contribution in [0.1, 0.15) is 67.2 Å². The third kappa shape index (κ3) is 3.67. The fourth-order valence-corrected chi connectivity index (χ4v) is 6.37. The number of fused-ring (bicyclic) bond motifs is 3. The molecule has 0 saturated heterocycles. The number of aromatic nitrogens is 2. The molecule has 2 aromatic carbocycles. The Bertz CT molecular complexity index is 1360. The molecule has 36 heavy (non-hydrogen) atoms. The molecule has 6 rings (SSSR count). The number of carbonyl (C=O) groups is 3. The lowest BCUT2D eigenvalue weighted by atomic mass is 9.81. The van der Waals surface area contributed by atoms with Gasteiger partial charge in [0.05, 0.1) is 23.5 Å². The van der Waals surface area contributed by atoms with Crippen molar-refractivity contribution >= 4 is 34.5 Å². The molecule has 1 N–H and O–H groups in total. The molecule has 3 aliphatic rings. The zero-order valence-corrected chi connectivity index (χ0v) is 20.3. The van der Waals surface area contributed by atoms with Gasteiger partial charge in [-0.25, -0.2) is 4.98 Å². The second kappa shape index (κ2) is 8.76. The Labute approximate surface area is 209 Å². The summed E-state index contributed by atoms with van der Waals surface area (Å²) in [6.07, 6.45) is 4.49. The first-order chi connectivity index (χ1) is 17.5. The first-order valence-corrected chi connectivity index (χ1v) is 12.8. The van der Waals surface area contributed by atoms with Gasteiger partial charge in [-0.05, 0) is 49.4 Å². The first-order valence-electron chi connectivity index (χ1n) is 12.8. The lowest BCUT2D eigenvalue weighted by Gasteiger charge is -2.47. The van der Waals surface area contributed by atoms with E-state index in [2.05, 4.69) is 4.98 Å². The van der Waals surface area contributed by atoms with Gasteiger partial charge >= 0.3 is 5.97 Å². The number of carbonyl (C=O) groups excluding carboxylic acids is 2. The number of benzene rings is 2. The van der Waals surface area contributed by atoms with Crippen molar-refractivity contribution in [1.82, 2.24) is 14.5 Å². The van der Waals surface area contributed by atoms with Crippen LogP contribution in [0.2, 0.25) is 0 Å². The second-order valence-corrected chi connectivity index (χ2v) is 10.2. The van der Waals surface area contributed by atoms with Gasteiger partial charge in [-0.15, -0.1) is 0 Å². The monoisotopic (exact) mass is 486 g/mol. The minimum Gasteiger partial charge on any atom is -0.481 e. The number of anilines is 1. The van der Waals surface area contributed by atoms with Gasteiger partial charge in [-0.1, -0.05) is 36.8 Å². The molecule has 2 heterocycles. The molecule has 0 bridgehead atoms. The number of hydrogen-bond donors (Lipinski definition) is 1. The van der Waals surface area contributed by atoms with Crippen LogP contribution in [-0.2, 0) is 16.6 Å². The average Bonchev–Trinajstić information content (AvgIpc) is 3.50. The highest BCUT2D eigenvalue weighted by molar-refractivity contribution is 6.07. The summed E-state index contributed by atoms with van der Waals surface area (Å²) in [6, 6.07) is 15.6. The Kier molecular flexibility index (Phi) is 5.54.